The highest BCUT2D eigenvalue weighted by Gasteiger charge is 2.32. The zero-order chi connectivity index (χ0) is 24.0. The van der Waals surface area contributed by atoms with E-state index in [1.54, 1.807) is 15.5 Å². The van der Waals surface area contributed by atoms with Crippen LogP contribution >= 0.6 is 23.2 Å². The van der Waals surface area contributed by atoms with Crippen molar-refractivity contribution in [3.05, 3.63) is 87.8 Å². The van der Waals surface area contributed by atoms with Crippen LogP contribution in [0.15, 0.2) is 61.1 Å². The summed E-state index contributed by atoms with van der Waals surface area (Å²) in [6, 6.07) is 16.0. The minimum Gasteiger partial charge on any atom is -0.444 e. The van der Waals surface area contributed by atoms with Gasteiger partial charge in [-0.3, -0.25) is 0 Å². The highest BCUT2D eigenvalue weighted by Crippen LogP contribution is 2.38. The molecular formula is C26H24Cl2N4O2. The lowest BCUT2D eigenvalue weighted by Gasteiger charge is -2.36. The molecule has 0 fully saturated rings. The number of benzene rings is 2. The molecule has 5 rings (SSSR count). The lowest BCUT2D eigenvalue weighted by Crippen LogP contribution is -2.41. The van der Waals surface area contributed by atoms with Crippen LogP contribution in [0, 0.1) is 0 Å². The summed E-state index contributed by atoms with van der Waals surface area (Å²) >= 11 is 12.5. The van der Waals surface area contributed by atoms with Gasteiger partial charge in [-0.1, -0.05) is 41.4 Å². The number of rotatable bonds is 2. The third kappa shape index (κ3) is 4.48. The van der Waals surface area contributed by atoms with Crippen LogP contribution in [-0.4, -0.2) is 37.7 Å². The van der Waals surface area contributed by atoms with Gasteiger partial charge in [-0.2, -0.15) is 5.10 Å². The molecule has 0 saturated carbocycles. The highest BCUT2D eigenvalue weighted by atomic mass is 35.5. The molecule has 3 heterocycles. The number of hydrogen-bond acceptors (Lipinski definition) is 4. The Morgan fingerprint density at radius 1 is 1.03 bits per heavy atom. The third-order valence-electron chi connectivity index (χ3n) is 5.89. The quantitative estimate of drug-likeness (QED) is 0.315. The normalized spacial score (nSPS) is 15.9. The smallest absolute Gasteiger partial charge is 0.410 e. The summed E-state index contributed by atoms with van der Waals surface area (Å²) in [7, 11) is 0. The van der Waals surface area contributed by atoms with Crippen molar-refractivity contribution in [2.24, 2.45) is 0 Å². The lowest BCUT2D eigenvalue weighted by atomic mass is 9.83. The zero-order valence-corrected chi connectivity index (χ0v) is 20.6. The van der Waals surface area contributed by atoms with E-state index in [2.05, 4.69) is 28.3 Å². The molecule has 1 amide bonds. The van der Waals surface area contributed by atoms with Crippen LogP contribution in [0.5, 0.6) is 0 Å². The van der Waals surface area contributed by atoms with Crippen molar-refractivity contribution in [2.45, 2.75) is 38.8 Å². The average molecular weight is 495 g/mol. The summed E-state index contributed by atoms with van der Waals surface area (Å²) in [6.07, 6.45) is 3.15. The van der Waals surface area contributed by atoms with Gasteiger partial charge in [0.2, 0.25) is 0 Å². The fourth-order valence-corrected chi connectivity index (χ4v) is 4.62. The summed E-state index contributed by atoms with van der Waals surface area (Å²) in [6.45, 7) is 6.57. The molecule has 34 heavy (non-hydrogen) atoms. The minimum atomic E-state index is -0.578. The van der Waals surface area contributed by atoms with Crippen molar-refractivity contribution >= 4 is 34.9 Å². The predicted octanol–water partition coefficient (Wildman–Crippen LogP) is 6.59. The molecule has 1 aliphatic rings. The van der Waals surface area contributed by atoms with E-state index in [1.807, 2.05) is 51.2 Å². The SMILES string of the molecule is CC(C)(C)OC(=O)N1Cc2cc(-c3ccc4ncnn4c3)ccc2C(c2ccc(Cl)c(Cl)c2)C1. The van der Waals surface area contributed by atoms with Gasteiger partial charge in [-0.25, -0.2) is 14.3 Å². The molecule has 174 valence electrons. The molecule has 1 aliphatic heterocycles. The van der Waals surface area contributed by atoms with Gasteiger partial charge in [0.15, 0.2) is 5.65 Å². The Balaban J connectivity index is 1.57. The summed E-state index contributed by atoms with van der Waals surface area (Å²) in [5.41, 5.74) is 5.48. The van der Waals surface area contributed by atoms with Crippen LogP contribution in [0.3, 0.4) is 0 Å². The Morgan fingerprint density at radius 3 is 2.59 bits per heavy atom. The number of amides is 1. The second-order valence-electron chi connectivity index (χ2n) is 9.48. The predicted molar refractivity (Wildman–Crippen MR) is 133 cm³/mol. The van der Waals surface area contributed by atoms with Crippen LogP contribution in [-0.2, 0) is 11.3 Å². The Morgan fingerprint density at radius 2 is 1.82 bits per heavy atom. The molecule has 6 nitrogen and oxygen atoms in total. The van der Waals surface area contributed by atoms with E-state index in [1.165, 1.54) is 6.33 Å². The Hall–Kier alpha value is -3.09. The van der Waals surface area contributed by atoms with Crippen molar-refractivity contribution in [3.8, 4) is 11.1 Å². The number of carbonyl (C=O) groups is 1. The van der Waals surface area contributed by atoms with Crippen LogP contribution in [0.4, 0.5) is 4.79 Å². The standard InChI is InChI=1S/C26H24Cl2N4O2/c1-26(2,3)34-25(33)31-12-19-10-16(18-6-9-24-29-15-30-32(24)13-18)4-7-20(19)21(14-31)17-5-8-22(27)23(28)11-17/h4-11,13,15,21H,12,14H2,1-3H3. The van der Waals surface area contributed by atoms with Crippen molar-refractivity contribution < 1.29 is 9.53 Å². The van der Waals surface area contributed by atoms with Gasteiger partial charge in [0, 0.05) is 30.8 Å². The number of ether oxygens (including phenoxy) is 1. The van der Waals surface area contributed by atoms with Gasteiger partial charge >= 0.3 is 6.09 Å². The largest absolute Gasteiger partial charge is 0.444 e. The van der Waals surface area contributed by atoms with E-state index >= 15 is 0 Å². The number of pyridine rings is 1. The molecule has 1 unspecified atom stereocenters. The molecule has 0 spiro atoms. The minimum absolute atomic E-state index is 0.0575. The van der Waals surface area contributed by atoms with Gasteiger partial charge in [-0.05, 0) is 73.4 Å². The van der Waals surface area contributed by atoms with Gasteiger partial charge in [0.1, 0.15) is 11.9 Å². The summed E-state index contributed by atoms with van der Waals surface area (Å²) in [5.74, 6) is -0.0575. The maximum absolute atomic E-state index is 13.0. The van der Waals surface area contributed by atoms with Crippen LogP contribution < -0.4 is 0 Å². The maximum atomic E-state index is 13.0. The Labute approximate surface area is 208 Å². The molecule has 8 heteroatoms. The molecule has 2 aromatic carbocycles. The summed E-state index contributed by atoms with van der Waals surface area (Å²) < 4.78 is 7.45. The van der Waals surface area contributed by atoms with E-state index in [4.69, 9.17) is 27.9 Å². The molecule has 0 radical (unpaired) electrons. The van der Waals surface area contributed by atoms with Crippen LogP contribution in [0.2, 0.25) is 10.0 Å². The molecule has 0 aliphatic carbocycles. The van der Waals surface area contributed by atoms with Gasteiger partial charge < -0.3 is 9.64 Å². The van der Waals surface area contributed by atoms with Crippen molar-refractivity contribution in [3.63, 3.8) is 0 Å². The Kier molecular flexibility index (Phi) is 5.74. The lowest BCUT2D eigenvalue weighted by molar-refractivity contribution is 0.0213. The van der Waals surface area contributed by atoms with Gasteiger partial charge in [0.25, 0.3) is 0 Å². The number of carbonyl (C=O) groups excluding carboxylic acids is 1. The first kappa shape index (κ1) is 22.7. The molecule has 0 N–H and O–H groups in total. The summed E-state index contributed by atoms with van der Waals surface area (Å²) in [5, 5.41) is 5.24. The van der Waals surface area contributed by atoms with E-state index < -0.39 is 5.60 Å². The fourth-order valence-electron chi connectivity index (χ4n) is 4.32. The van der Waals surface area contributed by atoms with Crippen molar-refractivity contribution in [1.82, 2.24) is 19.5 Å². The van der Waals surface area contributed by atoms with Crippen molar-refractivity contribution in [1.29, 1.82) is 0 Å². The average Bonchev–Trinajstić information content (AvgIpc) is 3.26. The first-order chi connectivity index (χ1) is 16.2. The fraction of sp³-hybridized carbons (Fsp3) is 0.269. The van der Waals surface area contributed by atoms with Crippen LogP contribution in [0.1, 0.15) is 43.4 Å². The second-order valence-corrected chi connectivity index (χ2v) is 10.3. The third-order valence-corrected chi connectivity index (χ3v) is 6.63. The topological polar surface area (TPSA) is 59.7 Å². The number of halogens is 2. The zero-order valence-electron chi connectivity index (χ0n) is 19.1. The number of hydrogen-bond donors (Lipinski definition) is 0. The second kappa shape index (κ2) is 8.60. The van der Waals surface area contributed by atoms with Crippen LogP contribution in [0.25, 0.3) is 16.8 Å². The molecule has 4 aromatic rings. The van der Waals surface area contributed by atoms with E-state index in [9.17, 15) is 4.79 Å². The molecule has 0 bridgehead atoms. The van der Waals surface area contributed by atoms with E-state index in [0.717, 1.165) is 33.5 Å². The van der Waals surface area contributed by atoms with Crippen molar-refractivity contribution in [2.75, 3.05) is 6.54 Å². The number of fused-ring (bicyclic) bond motifs is 2. The van der Waals surface area contributed by atoms with Gasteiger partial charge in [-0.15, -0.1) is 0 Å². The molecule has 0 saturated heterocycles. The van der Waals surface area contributed by atoms with E-state index in [-0.39, 0.29) is 12.0 Å². The molecular weight excluding hydrogens is 471 g/mol. The monoisotopic (exact) mass is 494 g/mol. The first-order valence-corrected chi connectivity index (χ1v) is 11.8. The number of nitrogens with zero attached hydrogens (tertiary/aromatic N) is 4. The maximum Gasteiger partial charge on any atom is 0.410 e. The van der Waals surface area contributed by atoms with Gasteiger partial charge in [0.05, 0.1) is 10.0 Å². The number of aromatic nitrogens is 3. The summed E-state index contributed by atoms with van der Waals surface area (Å²) in [4.78, 5) is 19.0. The molecule has 1 atom stereocenters. The Bertz CT molecular complexity index is 1390. The molecule has 2 aromatic heterocycles. The highest BCUT2D eigenvalue weighted by molar-refractivity contribution is 6.42. The first-order valence-electron chi connectivity index (χ1n) is 11.0. The van der Waals surface area contributed by atoms with E-state index in [0.29, 0.717) is 23.1 Å².